The molecular weight excluding hydrogens is 328 g/mol. The summed E-state index contributed by atoms with van der Waals surface area (Å²) in [7, 11) is -8.36. The maximum Gasteiger partial charge on any atom is 0.481 e. The highest BCUT2D eigenvalue weighted by atomic mass is 28.5. The Bertz CT molecular complexity index is 273. The Labute approximate surface area is 128 Å². The topological polar surface area (TPSA) is 55.4 Å². The van der Waals surface area contributed by atoms with E-state index in [1.807, 2.05) is 26.2 Å². The molecule has 2 unspecified atom stereocenters. The fourth-order valence-electron chi connectivity index (χ4n) is 1.84. The molecule has 6 nitrogen and oxygen atoms in total. The standard InChI is InChI=1S/C10H26O6Si4/c1-7-9-11-19(5)14-17(3)13-18(4)15-20(6,16-19)12-10-8-2/h7-10H2,1-6H3. The van der Waals surface area contributed by atoms with E-state index in [2.05, 4.69) is 13.8 Å². The van der Waals surface area contributed by atoms with E-state index in [4.69, 9.17) is 25.3 Å². The zero-order chi connectivity index (χ0) is 15.2. The summed E-state index contributed by atoms with van der Waals surface area (Å²) in [6.07, 6.45) is 1.83. The summed E-state index contributed by atoms with van der Waals surface area (Å²) in [5.41, 5.74) is 0. The van der Waals surface area contributed by atoms with E-state index in [1.165, 1.54) is 0 Å². The van der Waals surface area contributed by atoms with Crippen molar-refractivity contribution in [2.45, 2.75) is 52.9 Å². The Kier molecular flexibility index (Phi) is 7.76. The Hall–Kier alpha value is 0.628. The van der Waals surface area contributed by atoms with Crippen molar-refractivity contribution in [3.05, 3.63) is 0 Å². The van der Waals surface area contributed by atoms with Crippen LogP contribution in [0, 0.1) is 0 Å². The third-order valence-corrected chi connectivity index (χ3v) is 14.4. The van der Waals surface area contributed by atoms with Crippen molar-refractivity contribution in [2.24, 2.45) is 0 Å². The predicted octanol–water partition coefficient (Wildman–Crippen LogP) is 2.29. The summed E-state index contributed by atoms with van der Waals surface area (Å²) >= 11 is 0. The van der Waals surface area contributed by atoms with Gasteiger partial charge >= 0.3 is 36.2 Å². The molecule has 0 bridgehead atoms. The van der Waals surface area contributed by atoms with E-state index >= 15 is 0 Å². The molecule has 20 heavy (non-hydrogen) atoms. The van der Waals surface area contributed by atoms with Gasteiger partial charge in [-0.1, -0.05) is 13.8 Å². The van der Waals surface area contributed by atoms with Gasteiger partial charge in [-0.05, 0) is 25.9 Å². The second kappa shape index (κ2) is 8.31. The molecule has 0 aromatic heterocycles. The van der Waals surface area contributed by atoms with E-state index in [0.29, 0.717) is 13.2 Å². The lowest BCUT2D eigenvalue weighted by molar-refractivity contribution is 0.0871. The molecule has 2 radical (unpaired) electrons. The van der Waals surface area contributed by atoms with Crippen molar-refractivity contribution < 1.29 is 25.3 Å². The average molecular weight is 355 g/mol. The van der Waals surface area contributed by atoms with Crippen LogP contribution in [0.15, 0.2) is 0 Å². The Morgan fingerprint density at radius 2 is 1.25 bits per heavy atom. The van der Waals surface area contributed by atoms with Crippen molar-refractivity contribution in [1.82, 2.24) is 0 Å². The van der Waals surface area contributed by atoms with E-state index < -0.39 is 36.2 Å². The molecule has 0 aromatic rings. The van der Waals surface area contributed by atoms with Gasteiger partial charge in [0.05, 0.1) is 0 Å². The Morgan fingerprint density at radius 3 is 1.60 bits per heavy atom. The molecule has 1 saturated heterocycles. The van der Waals surface area contributed by atoms with E-state index in [1.54, 1.807) is 0 Å². The second-order valence-electron chi connectivity index (χ2n) is 4.81. The monoisotopic (exact) mass is 354 g/mol. The van der Waals surface area contributed by atoms with Crippen LogP contribution >= 0.6 is 0 Å². The number of rotatable bonds is 6. The van der Waals surface area contributed by atoms with Crippen LogP contribution < -0.4 is 0 Å². The van der Waals surface area contributed by atoms with Crippen LogP contribution in [0.1, 0.15) is 26.7 Å². The summed E-state index contributed by atoms with van der Waals surface area (Å²) in [6.45, 7) is 13.0. The molecule has 0 saturated carbocycles. The first-order valence-corrected chi connectivity index (χ1v) is 15.1. The van der Waals surface area contributed by atoms with Gasteiger partial charge in [0.1, 0.15) is 0 Å². The fraction of sp³-hybridized carbons (Fsp3) is 1.00. The van der Waals surface area contributed by atoms with Gasteiger partial charge in [0.2, 0.25) is 0 Å². The zero-order valence-electron chi connectivity index (χ0n) is 13.3. The van der Waals surface area contributed by atoms with Crippen molar-refractivity contribution >= 4 is 36.2 Å². The van der Waals surface area contributed by atoms with Crippen molar-refractivity contribution in [1.29, 1.82) is 0 Å². The quantitative estimate of drug-likeness (QED) is 0.682. The Morgan fingerprint density at radius 1 is 0.850 bits per heavy atom. The third kappa shape index (κ3) is 6.17. The highest BCUT2D eigenvalue weighted by Crippen LogP contribution is 2.24. The minimum atomic E-state index is -2.77. The van der Waals surface area contributed by atoms with Gasteiger partial charge in [0, 0.05) is 26.3 Å². The van der Waals surface area contributed by atoms with Crippen molar-refractivity contribution in [3.8, 4) is 0 Å². The number of hydrogen-bond donors (Lipinski definition) is 0. The van der Waals surface area contributed by atoms with Crippen LogP contribution in [0.25, 0.3) is 0 Å². The number of hydrogen-bond acceptors (Lipinski definition) is 6. The lowest BCUT2D eigenvalue weighted by atomic mass is 10.5. The summed E-state index contributed by atoms with van der Waals surface area (Å²) in [4.78, 5) is 0. The van der Waals surface area contributed by atoms with Gasteiger partial charge in [-0.15, -0.1) is 0 Å². The van der Waals surface area contributed by atoms with Gasteiger partial charge in [0.25, 0.3) is 0 Å². The van der Waals surface area contributed by atoms with E-state index in [0.717, 1.165) is 12.8 Å². The molecule has 0 spiro atoms. The second-order valence-corrected chi connectivity index (χ2v) is 14.1. The SMILES string of the molecule is CCCO[Si]1(C)O[Si](C)O[Si](C)O[Si](C)(OCCC)O1. The lowest BCUT2D eigenvalue weighted by Gasteiger charge is -2.39. The first-order valence-electron chi connectivity index (χ1n) is 7.03. The van der Waals surface area contributed by atoms with Crippen LogP contribution in [0.4, 0.5) is 0 Å². The van der Waals surface area contributed by atoms with Crippen LogP contribution in [-0.4, -0.2) is 49.4 Å². The summed E-state index contributed by atoms with van der Waals surface area (Å²) in [6, 6.07) is 0. The molecule has 0 aliphatic carbocycles. The maximum atomic E-state index is 6.17. The first kappa shape index (κ1) is 18.7. The molecular formula is C10H26O6Si4. The van der Waals surface area contributed by atoms with Crippen molar-refractivity contribution in [3.63, 3.8) is 0 Å². The molecule has 2 atom stereocenters. The van der Waals surface area contributed by atoms with E-state index in [9.17, 15) is 0 Å². The van der Waals surface area contributed by atoms with Crippen LogP contribution in [0.2, 0.25) is 26.2 Å². The summed E-state index contributed by atoms with van der Waals surface area (Å²) in [5.74, 6) is 0. The van der Waals surface area contributed by atoms with Gasteiger partial charge < -0.3 is 25.3 Å². The van der Waals surface area contributed by atoms with Gasteiger partial charge in [-0.3, -0.25) is 0 Å². The lowest BCUT2D eigenvalue weighted by Crippen LogP contribution is -2.62. The molecule has 0 N–H and O–H groups in total. The highest BCUT2D eigenvalue weighted by molar-refractivity contribution is 6.82. The zero-order valence-corrected chi connectivity index (χ0v) is 17.3. The minimum Gasteiger partial charge on any atom is -0.414 e. The highest BCUT2D eigenvalue weighted by Gasteiger charge is 2.52. The normalized spacial score (nSPS) is 33.9. The molecule has 118 valence electrons. The third-order valence-electron chi connectivity index (χ3n) is 2.45. The predicted molar refractivity (Wildman–Crippen MR) is 83.3 cm³/mol. The summed E-state index contributed by atoms with van der Waals surface area (Å²) < 4.78 is 35.7. The maximum absolute atomic E-state index is 6.17. The molecule has 1 rings (SSSR count). The molecule has 1 heterocycles. The van der Waals surface area contributed by atoms with Crippen LogP contribution in [0.3, 0.4) is 0 Å². The van der Waals surface area contributed by atoms with Crippen molar-refractivity contribution in [2.75, 3.05) is 13.2 Å². The molecule has 1 aliphatic rings. The minimum absolute atomic E-state index is 0.611. The molecule has 0 aromatic carbocycles. The van der Waals surface area contributed by atoms with Gasteiger partial charge in [0.15, 0.2) is 0 Å². The molecule has 1 fully saturated rings. The first-order chi connectivity index (χ1) is 9.32. The largest absolute Gasteiger partial charge is 0.481 e. The van der Waals surface area contributed by atoms with Crippen LogP contribution in [-0.2, 0) is 25.3 Å². The molecule has 0 amide bonds. The molecule has 10 heteroatoms. The fourth-order valence-corrected chi connectivity index (χ4v) is 14.6. The van der Waals surface area contributed by atoms with E-state index in [-0.39, 0.29) is 0 Å². The average Bonchev–Trinajstić information content (AvgIpc) is 2.31. The Balaban J connectivity index is 2.83. The van der Waals surface area contributed by atoms with Gasteiger partial charge in [-0.2, -0.15) is 0 Å². The molecule has 1 aliphatic heterocycles. The summed E-state index contributed by atoms with van der Waals surface area (Å²) in [5, 5.41) is 0. The van der Waals surface area contributed by atoms with Gasteiger partial charge in [-0.25, -0.2) is 0 Å². The smallest absolute Gasteiger partial charge is 0.414 e. The van der Waals surface area contributed by atoms with Crippen LogP contribution in [0.5, 0.6) is 0 Å².